The fourth-order valence-electron chi connectivity index (χ4n) is 3.92. The molecule has 172 valence electrons. The van der Waals surface area contributed by atoms with E-state index >= 15 is 0 Å². The van der Waals surface area contributed by atoms with Crippen LogP contribution >= 0.6 is 15.9 Å². The number of aryl methyl sites for hydroxylation is 1. The number of anilines is 1. The van der Waals surface area contributed by atoms with Crippen molar-refractivity contribution >= 4 is 43.4 Å². The van der Waals surface area contributed by atoms with E-state index in [1.165, 1.54) is 12.1 Å². The van der Waals surface area contributed by atoms with Crippen molar-refractivity contribution in [2.24, 2.45) is 5.16 Å². The number of nitrogens with one attached hydrogen (secondary N) is 2. The molecule has 0 aliphatic heterocycles. The molecule has 7 nitrogen and oxygen atoms in total. The van der Waals surface area contributed by atoms with Crippen molar-refractivity contribution in [3.63, 3.8) is 0 Å². The van der Waals surface area contributed by atoms with Gasteiger partial charge in [-0.25, -0.2) is 17.9 Å². The van der Waals surface area contributed by atoms with Gasteiger partial charge in [-0.2, -0.15) is 0 Å². The number of fused-ring (bicyclic) bond motifs is 1. The SMILES string of the molecule is CC(C)c1cc(Br)cc(C(C)C)c1NC(=O)NS(=O)(=O)c1ccc2c(c1)/C(=N/O)CCC2. The highest BCUT2D eigenvalue weighted by Crippen LogP contribution is 2.35. The average molecular weight is 522 g/mol. The van der Waals surface area contributed by atoms with Crippen molar-refractivity contribution < 1.29 is 18.4 Å². The molecule has 0 bridgehead atoms. The number of nitrogens with zero attached hydrogens (tertiary/aromatic N) is 1. The summed E-state index contributed by atoms with van der Waals surface area (Å²) >= 11 is 3.52. The van der Waals surface area contributed by atoms with Gasteiger partial charge in [0, 0.05) is 15.7 Å². The van der Waals surface area contributed by atoms with E-state index in [1.54, 1.807) is 6.07 Å². The van der Waals surface area contributed by atoms with Gasteiger partial charge in [0.1, 0.15) is 0 Å². The van der Waals surface area contributed by atoms with Crippen LogP contribution in [-0.4, -0.2) is 25.4 Å². The third kappa shape index (κ3) is 5.15. The van der Waals surface area contributed by atoms with Crippen LogP contribution in [0.25, 0.3) is 0 Å². The summed E-state index contributed by atoms with van der Waals surface area (Å²) in [7, 11) is -4.13. The molecule has 2 aromatic rings. The molecule has 0 atom stereocenters. The predicted molar refractivity (Wildman–Crippen MR) is 129 cm³/mol. The molecule has 0 unspecified atom stereocenters. The molecule has 0 saturated carbocycles. The largest absolute Gasteiger partial charge is 0.411 e. The van der Waals surface area contributed by atoms with E-state index in [1.807, 2.05) is 39.8 Å². The smallest absolute Gasteiger partial charge is 0.333 e. The zero-order valence-electron chi connectivity index (χ0n) is 18.6. The quantitative estimate of drug-likeness (QED) is 0.345. The zero-order valence-corrected chi connectivity index (χ0v) is 21.0. The zero-order chi connectivity index (χ0) is 23.6. The van der Waals surface area contributed by atoms with Crippen LogP contribution in [0, 0.1) is 0 Å². The number of amides is 2. The van der Waals surface area contributed by atoms with Gasteiger partial charge in [-0.3, -0.25) is 0 Å². The van der Waals surface area contributed by atoms with E-state index in [0.717, 1.165) is 34.0 Å². The molecule has 32 heavy (non-hydrogen) atoms. The minimum absolute atomic E-state index is 0.0570. The number of carbonyl (C=O) groups is 1. The number of sulfonamides is 1. The lowest BCUT2D eigenvalue weighted by atomic mass is 9.90. The van der Waals surface area contributed by atoms with Crippen LogP contribution in [0.4, 0.5) is 10.5 Å². The first kappa shape index (κ1) is 24.3. The number of rotatable bonds is 5. The molecule has 1 aliphatic rings. The maximum Gasteiger partial charge on any atom is 0.333 e. The minimum Gasteiger partial charge on any atom is -0.411 e. The maximum atomic E-state index is 12.9. The van der Waals surface area contributed by atoms with E-state index in [-0.39, 0.29) is 16.7 Å². The summed E-state index contributed by atoms with van der Waals surface area (Å²) in [5.41, 5.74) is 4.41. The second-order valence-electron chi connectivity index (χ2n) is 8.55. The van der Waals surface area contributed by atoms with E-state index in [4.69, 9.17) is 0 Å². The molecule has 0 spiro atoms. The first-order valence-corrected chi connectivity index (χ1v) is 12.8. The molecule has 2 amide bonds. The summed E-state index contributed by atoms with van der Waals surface area (Å²) in [6, 6.07) is 7.66. The van der Waals surface area contributed by atoms with Crippen LogP contribution < -0.4 is 10.0 Å². The lowest BCUT2D eigenvalue weighted by molar-refractivity contribution is 0.256. The van der Waals surface area contributed by atoms with Crippen molar-refractivity contribution in [2.75, 3.05) is 5.32 Å². The maximum absolute atomic E-state index is 12.9. The minimum atomic E-state index is -4.13. The Kier molecular flexibility index (Phi) is 7.29. The van der Waals surface area contributed by atoms with E-state index < -0.39 is 16.1 Å². The van der Waals surface area contributed by atoms with E-state index in [0.29, 0.717) is 23.4 Å². The number of urea groups is 1. The van der Waals surface area contributed by atoms with Gasteiger partial charge >= 0.3 is 6.03 Å². The van der Waals surface area contributed by atoms with Gasteiger partial charge < -0.3 is 10.5 Å². The number of oxime groups is 1. The molecular formula is C23H28BrN3O4S. The van der Waals surface area contributed by atoms with Crippen LogP contribution in [0.15, 0.2) is 44.9 Å². The Morgan fingerprint density at radius 1 is 1.06 bits per heavy atom. The van der Waals surface area contributed by atoms with Crippen molar-refractivity contribution in [2.45, 2.75) is 63.7 Å². The third-order valence-electron chi connectivity index (χ3n) is 5.56. The number of benzene rings is 2. The van der Waals surface area contributed by atoms with Gasteiger partial charge in [0.25, 0.3) is 10.0 Å². The van der Waals surface area contributed by atoms with Crippen molar-refractivity contribution in [1.82, 2.24) is 4.72 Å². The summed E-state index contributed by atoms with van der Waals surface area (Å²) < 4.78 is 28.9. The average Bonchev–Trinajstić information content (AvgIpc) is 2.73. The van der Waals surface area contributed by atoms with Crippen LogP contribution in [0.5, 0.6) is 0 Å². The Labute approximate surface area is 197 Å². The predicted octanol–water partition coefficient (Wildman–Crippen LogP) is 5.72. The normalized spacial score (nSPS) is 15.2. The highest BCUT2D eigenvalue weighted by Gasteiger charge is 2.24. The molecule has 0 heterocycles. The first-order chi connectivity index (χ1) is 15.0. The van der Waals surface area contributed by atoms with Gasteiger partial charge in [-0.15, -0.1) is 0 Å². The molecule has 9 heteroatoms. The number of hydrogen-bond donors (Lipinski definition) is 3. The molecule has 1 aliphatic carbocycles. The molecule has 0 saturated heterocycles. The van der Waals surface area contributed by atoms with Crippen LogP contribution in [0.2, 0.25) is 0 Å². The monoisotopic (exact) mass is 521 g/mol. The molecule has 0 radical (unpaired) electrons. The summed E-state index contributed by atoms with van der Waals surface area (Å²) in [6.07, 6.45) is 2.19. The highest BCUT2D eigenvalue weighted by molar-refractivity contribution is 9.10. The van der Waals surface area contributed by atoms with Gasteiger partial charge in [-0.05, 0) is 72.1 Å². The highest BCUT2D eigenvalue weighted by atomic mass is 79.9. The first-order valence-electron chi connectivity index (χ1n) is 10.5. The molecule has 3 N–H and O–H groups in total. The molecule has 3 rings (SSSR count). The fraction of sp³-hybridized carbons (Fsp3) is 0.391. The molecule has 0 aromatic heterocycles. The van der Waals surface area contributed by atoms with Crippen LogP contribution in [0.3, 0.4) is 0 Å². The fourth-order valence-corrected chi connectivity index (χ4v) is 5.35. The van der Waals surface area contributed by atoms with Gasteiger partial charge in [0.2, 0.25) is 0 Å². The summed E-state index contributed by atoms with van der Waals surface area (Å²) in [5, 5.41) is 15.3. The molecule has 2 aromatic carbocycles. The number of hydrogen-bond acceptors (Lipinski definition) is 5. The summed E-state index contributed by atoms with van der Waals surface area (Å²) in [5.74, 6) is 0.238. The van der Waals surface area contributed by atoms with Crippen molar-refractivity contribution in [3.05, 3.63) is 57.1 Å². The second-order valence-corrected chi connectivity index (χ2v) is 11.1. The van der Waals surface area contributed by atoms with Gasteiger partial charge in [0.05, 0.1) is 10.6 Å². The summed E-state index contributed by atoms with van der Waals surface area (Å²) in [4.78, 5) is 12.7. The lowest BCUT2D eigenvalue weighted by Gasteiger charge is -2.21. The third-order valence-corrected chi connectivity index (χ3v) is 7.34. The number of carbonyl (C=O) groups excluding carboxylic acids is 1. The van der Waals surface area contributed by atoms with E-state index in [9.17, 15) is 18.4 Å². The van der Waals surface area contributed by atoms with Gasteiger partial charge in [0.15, 0.2) is 0 Å². The number of halogens is 1. The van der Waals surface area contributed by atoms with Crippen molar-refractivity contribution in [3.8, 4) is 0 Å². The standard InChI is InChI=1S/C23H28BrN3O4S/c1-13(2)18-10-16(24)11-19(14(3)4)22(18)25-23(28)27-32(30,31)17-9-8-15-6-5-7-21(26-29)20(15)12-17/h8-14,29H,5-7H2,1-4H3,(H2,25,27,28)/b26-21+. The topological polar surface area (TPSA) is 108 Å². The molecular weight excluding hydrogens is 494 g/mol. The Hall–Kier alpha value is -2.39. The molecule has 0 fully saturated rings. The van der Waals surface area contributed by atoms with Crippen LogP contribution in [-0.2, 0) is 16.4 Å². The van der Waals surface area contributed by atoms with Crippen LogP contribution in [0.1, 0.15) is 74.6 Å². The second kappa shape index (κ2) is 9.62. The Morgan fingerprint density at radius 3 is 2.25 bits per heavy atom. The van der Waals surface area contributed by atoms with Crippen molar-refractivity contribution in [1.29, 1.82) is 0 Å². The van der Waals surface area contributed by atoms with E-state index in [2.05, 4.69) is 31.1 Å². The lowest BCUT2D eigenvalue weighted by Crippen LogP contribution is -2.35. The van der Waals surface area contributed by atoms with Gasteiger partial charge in [-0.1, -0.05) is 54.8 Å². The Balaban J connectivity index is 1.90. The Bertz CT molecular complexity index is 1140. The Morgan fingerprint density at radius 2 is 1.69 bits per heavy atom. The summed E-state index contributed by atoms with van der Waals surface area (Å²) in [6.45, 7) is 8.05.